The summed E-state index contributed by atoms with van der Waals surface area (Å²) in [6.45, 7) is 5.72. The molecular weight excluding hydrogens is 442 g/mol. The zero-order valence-corrected chi connectivity index (χ0v) is 20.3. The molecule has 3 fully saturated rings. The van der Waals surface area contributed by atoms with Gasteiger partial charge >= 0.3 is 0 Å². The molecule has 2 aromatic rings. The number of piperazine rings is 1. The molecule has 0 aliphatic carbocycles. The molecule has 0 saturated carbocycles. The van der Waals surface area contributed by atoms with Gasteiger partial charge in [0.1, 0.15) is 0 Å². The second kappa shape index (κ2) is 10.1. The van der Waals surface area contributed by atoms with Crippen molar-refractivity contribution in [2.24, 2.45) is 5.92 Å². The standard InChI is InChI=1S/C27H33N5O3/c1-29-14-16-31(17-15-29)27(35)20-4-6-22(7-5-20)28-26(34)21-18-25(33)32(19-21)24-10-8-23(9-11-24)30-12-2-3-13-30/h4-11,21H,2-3,12-19H2,1H3,(H,28,34). The first-order valence-electron chi connectivity index (χ1n) is 12.5. The summed E-state index contributed by atoms with van der Waals surface area (Å²) in [4.78, 5) is 46.4. The number of carbonyl (C=O) groups excluding carboxylic acids is 3. The van der Waals surface area contributed by atoms with Crippen molar-refractivity contribution in [3.05, 3.63) is 54.1 Å². The predicted molar refractivity (Wildman–Crippen MR) is 137 cm³/mol. The summed E-state index contributed by atoms with van der Waals surface area (Å²) in [6, 6.07) is 15.1. The van der Waals surface area contributed by atoms with Gasteiger partial charge in [-0.2, -0.15) is 0 Å². The smallest absolute Gasteiger partial charge is 0.253 e. The molecule has 3 saturated heterocycles. The third-order valence-corrected chi connectivity index (χ3v) is 7.32. The molecule has 35 heavy (non-hydrogen) atoms. The molecule has 1 unspecified atom stereocenters. The second-order valence-electron chi connectivity index (χ2n) is 9.78. The topological polar surface area (TPSA) is 76.2 Å². The zero-order valence-electron chi connectivity index (χ0n) is 20.3. The van der Waals surface area contributed by atoms with Crippen LogP contribution in [-0.4, -0.2) is 80.4 Å². The van der Waals surface area contributed by atoms with Crippen LogP contribution in [0.5, 0.6) is 0 Å². The molecule has 3 amide bonds. The molecule has 0 aromatic heterocycles. The SMILES string of the molecule is CN1CCN(C(=O)c2ccc(NC(=O)C3CC(=O)N(c4ccc(N5CCCC5)cc4)C3)cc2)CC1. The Morgan fingerprint density at radius 3 is 2.11 bits per heavy atom. The number of anilines is 3. The molecule has 0 spiro atoms. The summed E-state index contributed by atoms with van der Waals surface area (Å²) in [5.74, 6) is -0.601. The summed E-state index contributed by atoms with van der Waals surface area (Å²) in [5, 5.41) is 2.92. The van der Waals surface area contributed by atoms with E-state index in [1.807, 2.05) is 17.0 Å². The molecule has 0 bridgehead atoms. The van der Waals surface area contributed by atoms with Crippen molar-refractivity contribution in [1.29, 1.82) is 0 Å². The number of nitrogens with zero attached hydrogens (tertiary/aromatic N) is 4. The van der Waals surface area contributed by atoms with E-state index in [0.717, 1.165) is 45.0 Å². The summed E-state index contributed by atoms with van der Waals surface area (Å²) < 4.78 is 0. The maximum absolute atomic E-state index is 12.9. The largest absolute Gasteiger partial charge is 0.372 e. The molecule has 8 nitrogen and oxygen atoms in total. The molecule has 5 rings (SSSR count). The molecule has 0 radical (unpaired) electrons. The number of hydrogen-bond donors (Lipinski definition) is 1. The molecule has 2 aromatic carbocycles. The lowest BCUT2D eigenvalue weighted by Gasteiger charge is -2.32. The normalized spacial score (nSPS) is 21.0. The van der Waals surface area contributed by atoms with E-state index in [-0.39, 0.29) is 24.1 Å². The number of hydrogen-bond acceptors (Lipinski definition) is 5. The van der Waals surface area contributed by atoms with Gasteiger partial charge in [0.25, 0.3) is 5.91 Å². The average molecular weight is 476 g/mol. The minimum absolute atomic E-state index is 0.0174. The molecular formula is C27H33N5O3. The van der Waals surface area contributed by atoms with E-state index in [9.17, 15) is 14.4 Å². The van der Waals surface area contributed by atoms with Crippen molar-refractivity contribution in [1.82, 2.24) is 9.80 Å². The van der Waals surface area contributed by atoms with Gasteiger partial charge in [0.15, 0.2) is 0 Å². The molecule has 3 aliphatic heterocycles. The van der Waals surface area contributed by atoms with Crippen LogP contribution in [0, 0.1) is 5.92 Å². The van der Waals surface area contributed by atoms with E-state index in [1.165, 1.54) is 18.5 Å². The summed E-state index contributed by atoms with van der Waals surface area (Å²) in [7, 11) is 2.06. The van der Waals surface area contributed by atoms with E-state index in [0.29, 0.717) is 17.8 Å². The van der Waals surface area contributed by atoms with Gasteiger partial charge in [-0.3, -0.25) is 14.4 Å². The molecule has 3 aliphatic rings. The summed E-state index contributed by atoms with van der Waals surface area (Å²) in [6.07, 6.45) is 2.64. The Kier molecular flexibility index (Phi) is 6.72. The third-order valence-electron chi connectivity index (χ3n) is 7.32. The average Bonchev–Trinajstić information content (AvgIpc) is 3.55. The van der Waals surface area contributed by atoms with Crippen LogP contribution in [0.15, 0.2) is 48.5 Å². The van der Waals surface area contributed by atoms with Crippen LogP contribution in [0.2, 0.25) is 0 Å². The summed E-state index contributed by atoms with van der Waals surface area (Å²) in [5.41, 5.74) is 3.26. The first-order valence-corrected chi connectivity index (χ1v) is 12.5. The van der Waals surface area contributed by atoms with E-state index >= 15 is 0 Å². The predicted octanol–water partition coefficient (Wildman–Crippen LogP) is 2.67. The lowest BCUT2D eigenvalue weighted by Crippen LogP contribution is -2.47. The van der Waals surface area contributed by atoms with Gasteiger partial charge in [-0.1, -0.05) is 0 Å². The Morgan fingerprint density at radius 1 is 0.829 bits per heavy atom. The van der Waals surface area contributed by atoms with Crippen molar-refractivity contribution < 1.29 is 14.4 Å². The monoisotopic (exact) mass is 475 g/mol. The van der Waals surface area contributed by atoms with Crippen molar-refractivity contribution in [2.75, 3.05) is 68.0 Å². The maximum Gasteiger partial charge on any atom is 0.253 e. The van der Waals surface area contributed by atoms with Crippen molar-refractivity contribution in [3.8, 4) is 0 Å². The molecule has 184 valence electrons. The first kappa shape index (κ1) is 23.4. The van der Waals surface area contributed by atoms with Gasteiger partial charge in [-0.25, -0.2) is 0 Å². The highest BCUT2D eigenvalue weighted by molar-refractivity contribution is 6.03. The van der Waals surface area contributed by atoms with Gasteiger partial charge in [0.2, 0.25) is 11.8 Å². The second-order valence-corrected chi connectivity index (χ2v) is 9.78. The van der Waals surface area contributed by atoms with Crippen LogP contribution in [0.3, 0.4) is 0 Å². The van der Waals surface area contributed by atoms with Crippen LogP contribution in [0.1, 0.15) is 29.6 Å². The van der Waals surface area contributed by atoms with Gasteiger partial charge < -0.3 is 24.9 Å². The Labute approximate surface area is 206 Å². The van der Waals surface area contributed by atoms with Gasteiger partial charge in [0.05, 0.1) is 5.92 Å². The fourth-order valence-electron chi connectivity index (χ4n) is 5.08. The molecule has 1 N–H and O–H groups in total. The maximum atomic E-state index is 12.9. The van der Waals surface area contributed by atoms with Crippen LogP contribution in [-0.2, 0) is 9.59 Å². The third kappa shape index (κ3) is 5.17. The number of rotatable bonds is 5. The zero-order chi connectivity index (χ0) is 24.4. The Morgan fingerprint density at radius 2 is 1.46 bits per heavy atom. The van der Waals surface area contributed by atoms with E-state index < -0.39 is 5.92 Å². The highest BCUT2D eigenvalue weighted by Crippen LogP contribution is 2.29. The molecule has 3 heterocycles. The van der Waals surface area contributed by atoms with Crippen LogP contribution < -0.4 is 15.1 Å². The van der Waals surface area contributed by atoms with Gasteiger partial charge in [0, 0.05) is 74.9 Å². The first-order chi connectivity index (χ1) is 17.0. The fourth-order valence-corrected chi connectivity index (χ4v) is 5.08. The number of amides is 3. The number of carbonyl (C=O) groups is 3. The number of likely N-dealkylation sites (N-methyl/N-ethyl adjacent to an activating group) is 1. The van der Waals surface area contributed by atoms with Gasteiger partial charge in [-0.05, 0) is 68.4 Å². The van der Waals surface area contributed by atoms with Crippen molar-refractivity contribution in [2.45, 2.75) is 19.3 Å². The van der Waals surface area contributed by atoms with Crippen LogP contribution in [0.4, 0.5) is 17.1 Å². The molecule has 1 atom stereocenters. The number of nitrogens with one attached hydrogen (secondary N) is 1. The van der Waals surface area contributed by atoms with E-state index in [2.05, 4.69) is 34.3 Å². The van der Waals surface area contributed by atoms with Crippen molar-refractivity contribution >= 4 is 34.8 Å². The Balaban J connectivity index is 1.16. The fraction of sp³-hybridized carbons (Fsp3) is 0.444. The molecule has 8 heteroatoms. The van der Waals surface area contributed by atoms with Crippen molar-refractivity contribution in [3.63, 3.8) is 0 Å². The Hall–Kier alpha value is -3.39. The van der Waals surface area contributed by atoms with E-state index in [4.69, 9.17) is 0 Å². The highest BCUT2D eigenvalue weighted by atomic mass is 16.2. The lowest BCUT2D eigenvalue weighted by molar-refractivity contribution is -0.122. The van der Waals surface area contributed by atoms with E-state index in [1.54, 1.807) is 29.2 Å². The minimum atomic E-state index is -0.410. The lowest BCUT2D eigenvalue weighted by atomic mass is 10.1. The quantitative estimate of drug-likeness (QED) is 0.720. The highest BCUT2D eigenvalue weighted by Gasteiger charge is 2.35. The minimum Gasteiger partial charge on any atom is -0.372 e. The number of benzene rings is 2. The summed E-state index contributed by atoms with van der Waals surface area (Å²) >= 11 is 0. The Bertz CT molecular complexity index is 1070. The van der Waals surface area contributed by atoms with Crippen LogP contribution in [0.25, 0.3) is 0 Å². The van der Waals surface area contributed by atoms with Crippen LogP contribution >= 0.6 is 0 Å². The van der Waals surface area contributed by atoms with Gasteiger partial charge in [-0.15, -0.1) is 0 Å².